The van der Waals surface area contributed by atoms with Gasteiger partial charge in [-0.2, -0.15) is 0 Å². The summed E-state index contributed by atoms with van der Waals surface area (Å²) in [5.41, 5.74) is 5.03. The summed E-state index contributed by atoms with van der Waals surface area (Å²) < 4.78 is 0. The van der Waals surface area contributed by atoms with Crippen molar-refractivity contribution in [1.82, 2.24) is 5.32 Å². The fraction of sp³-hybridized carbons (Fsp3) is 0.0714. The van der Waals surface area contributed by atoms with Gasteiger partial charge in [-0.25, -0.2) is 0 Å². The van der Waals surface area contributed by atoms with E-state index in [1.54, 1.807) is 6.07 Å². The first kappa shape index (κ1) is 21.1. The van der Waals surface area contributed by atoms with Gasteiger partial charge in [-0.1, -0.05) is 91.0 Å². The molecule has 4 rings (SSSR count). The molecule has 2 N–H and O–H groups in total. The summed E-state index contributed by atoms with van der Waals surface area (Å²) in [7, 11) is 0. The second kappa shape index (κ2) is 10.2. The Morgan fingerprint density at radius 2 is 1.31 bits per heavy atom. The van der Waals surface area contributed by atoms with Gasteiger partial charge in [0.05, 0.1) is 6.42 Å². The maximum absolute atomic E-state index is 12.7. The molecule has 0 fully saturated rings. The van der Waals surface area contributed by atoms with Gasteiger partial charge in [0.15, 0.2) is 0 Å². The second-order valence-electron chi connectivity index (χ2n) is 7.51. The van der Waals surface area contributed by atoms with Crippen molar-refractivity contribution in [1.29, 1.82) is 0 Å². The third kappa shape index (κ3) is 5.49. The molecule has 4 aromatic carbocycles. The molecule has 158 valence electrons. The van der Waals surface area contributed by atoms with Crippen molar-refractivity contribution in [3.05, 3.63) is 126 Å². The van der Waals surface area contributed by atoms with Crippen molar-refractivity contribution in [2.45, 2.75) is 13.0 Å². The molecule has 0 bridgehead atoms. The fourth-order valence-corrected chi connectivity index (χ4v) is 3.53. The molecular weight excluding hydrogens is 396 g/mol. The lowest BCUT2D eigenvalue weighted by Crippen LogP contribution is -2.22. The van der Waals surface area contributed by atoms with E-state index in [1.165, 1.54) is 0 Å². The predicted octanol–water partition coefficient (Wildman–Crippen LogP) is 5.46. The van der Waals surface area contributed by atoms with Crippen molar-refractivity contribution in [2.75, 3.05) is 5.32 Å². The molecule has 0 aliphatic carbocycles. The number of para-hydroxylation sites is 1. The van der Waals surface area contributed by atoms with E-state index in [4.69, 9.17) is 0 Å². The van der Waals surface area contributed by atoms with E-state index in [2.05, 4.69) is 10.6 Å². The number of amides is 2. The van der Waals surface area contributed by atoms with Crippen LogP contribution in [0.5, 0.6) is 0 Å². The normalized spacial score (nSPS) is 10.4. The van der Waals surface area contributed by atoms with E-state index in [0.29, 0.717) is 18.5 Å². The highest BCUT2D eigenvalue weighted by molar-refractivity contribution is 5.98. The van der Waals surface area contributed by atoms with Gasteiger partial charge in [0.2, 0.25) is 5.91 Å². The Kier molecular flexibility index (Phi) is 6.73. The van der Waals surface area contributed by atoms with E-state index < -0.39 is 0 Å². The van der Waals surface area contributed by atoms with Crippen LogP contribution in [0.25, 0.3) is 11.1 Å². The smallest absolute Gasteiger partial charge is 0.251 e. The van der Waals surface area contributed by atoms with Gasteiger partial charge in [-0.05, 0) is 34.9 Å². The molecule has 2 amide bonds. The standard InChI is InChI=1S/C28H24N2O2/c31-27(18-21-10-3-1-4-11-21)30-26-17-8-7-16-25(26)23-14-9-15-24(19-23)28(32)29-20-22-12-5-2-6-13-22/h1-17,19H,18,20H2,(H,29,32)(H,30,31). The first-order valence-corrected chi connectivity index (χ1v) is 10.5. The van der Waals surface area contributed by atoms with E-state index in [0.717, 1.165) is 27.9 Å². The zero-order valence-corrected chi connectivity index (χ0v) is 17.6. The third-order valence-corrected chi connectivity index (χ3v) is 5.14. The van der Waals surface area contributed by atoms with Crippen LogP contribution in [-0.2, 0) is 17.8 Å². The van der Waals surface area contributed by atoms with Crippen molar-refractivity contribution < 1.29 is 9.59 Å². The zero-order valence-electron chi connectivity index (χ0n) is 17.6. The van der Waals surface area contributed by atoms with Crippen LogP contribution in [0.1, 0.15) is 21.5 Å². The quantitative estimate of drug-likeness (QED) is 0.417. The molecule has 0 atom stereocenters. The largest absolute Gasteiger partial charge is 0.348 e. The lowest BCUT2D eigenvalue weighted by atomic mass is 10.0. The van der Waals surface area contributed by atoms with Gasteiger partial charge < -0.3 is 10.6 Å². The molecular formula is C28H24N2O2. The summed E-state index contributed by atoms with van der Waals surface area (Å²) in [5.74, 6) is -0.221. The van der Waals surface area contributed by atoms with Gasteiger partial charge >= 0.3 is 0 Å². The van der Waals surface area contributed by atoms with Crippen molar-refractivity contribution >= 4 is 17.5 Å². The Hall–Kier alpha value is -4.18. The lowest BCUT2D eigenvalue weighted by molar-refractivity contribution is -0.115. The molecule has 32 heavy (non-hydrogen) atoms. The first-order chi connectivity index (χ1) is 15.7. The summed E-state index contributed by atoms with van der Waals surface area (Å²) >= 11 is 0. The number of nitrogens with one attached hydrogen (secondary N) is 2. The van der Waals surface area contributed by atoms with Crippen LogP contribution in [0.3, 0.4) is 0 Å². The molecule has 0 aliphatic rings. The summed E-state index contributed by atoms with van der Waals surface area (Å²) in [4.78, 5) is 25.3. The summed E-state index contributed by atoms with van der Waals surface area (Å²) in [6.45, 7) is 0.468. The zero-order chi connectivity index (χ0) is 22.2. The number of hydrogen-bond acceptors (Lipinski definition) is 2. The first-order valence-electron chi connectivity index (χ1n) is 10.5. The molecule has 4 aromatic rings. The number of carbonyl (C=O) groups excluding carboxylic acids is 2. The van der Waals surface area contributed by atoms with Crippen LogP contribution in [-0.4, -0.2) is 11.8 Å². The van der Waals surface area contributed by atoms with E-state index >= 15 is 0 Å². The van der Waals surface area contributed by atoms with Crippen LogP contribution >= 0.6 is 0 Å². The third-order valence-electron chi connectivity index (χ3n) is 5.14. The number of anilines is 1. The van der Waals surface area contributed by atoms with Crippen LogP contribution in [0.15, 0.2) is 109 Å². The van der Waals surface area contributed by atoms with Crippen LogP contribution in [0.2, 0.25) is 0 Å². The van der Waals surface area contributed by atoms with Gasteiger partial charge in [0.1, 0.15) is 0 Å². The average molecular weight is 421 g/mol. The summed E-state index contributed by atoms with van der Waals surface area (Å²) in [5, 5.41) is 5.97. The van der Waals surface area contributed by atoms with Crippen LogP contribution in [0, 0.1) is 0 Å². The van der Waals surface area contributed by atoms with Crippen molar-refractivity contribution in [2.24, 2.45) is 0 Å². The number of carbonyl (C=O) groups is 2. The highest BCUT2D eigenvalue weighted by atomic mass is 16.2. The van der Waals surface area contributed by atoms with Crippen molar-refractivity contribution in [3.8, 4) is 11.1 Å². The van der Waals surface area contributed by atoms with E-state index in [1.807, 2.05) is 103 Å². The average Bonchev–Trinajstić information content (AvgIpc) is 2.84. The van der Waals surface area contributed by atoms with Gasteiger partial charge in [0.25, 0.3) is 5.91 Å². The summed E-state index contributed by atoms with van der Waals surface area (Å²) in [6.07, 6.45) is 0.303. The van der Waals surface area contributed by atoms with Crippen LogP contribution in [0.4, 0.5) is 5.69 Å². The van der Waals surface area contributed by atoms with Crippen molar-refractivity contribution in [3.63, 3.8) is 0 Å². The molecule has 0 unspecified atom stereocenters. The fourth-order valence-electron chi connectivity index (χ4n) is 3.53. The second-order valence-corrected chi connectivity index (χ2v) is 7.51. The van der Waals surface area contributed by atoms with Gasteiger partial charge in [0, 0.05) is 23.4 Å². The monoisotopic (exact) mass is 420 g/mol. The molecule has 0 aromatic heterocycles. The number of benzene rings is 4. The minimum Gasteiger partial charge on any atom is -0.348 e. The number of rotatable bonds is 7. The molecule has 0 aliphatic heterocycles. The minimum atomic E-state index is -0.138. The minimum absolute atomic E-state index is 0.0830. The van der Waals surface area contributed by atoms with Crippen LogP contribution < -0.4 is 10.6 Å². The Balaban J connectivity index is 1.49. The Morgan fingerprint density at radius 3 is 2.06 bits per heavy atom. The van der Waals surface area contributed by atoms with E-state index in [-0.39, 0.29) is 11.8 Å². The molecule has 4 nitrogen and oxygen atoms in total. The topological polar surface area (TPSA) is 58.2 Å². The highest BCUT2D eigenvalue weighted by Crippen LogP contribution is 2.28. The van der Waals surface area contributed by atoms with Gasteiger partial charge in [-0.15, -0.1) is 0 Å². The molecule has 0 heterocycles. The molecule has 4 heteroatoms. The Morgan fingerprint density at radius 1 is 0.656 bits per heavy atom. The predicted molar refractivity (Wildman–Crippen MR) is 128 cm³/mol. The summed E-state index contributed by atoms with van der Waals surface area (Å²) in [6, 6.07) is 34.5. The maximum Gasteiger partial charge on any atom is 0.251 e. The Bertz CT molecular complexity index is 1200. The molecule has 0 saturated heterocycles. The Labute approximate surface area is 187 Å². The van der Waals surface area contributed by atoms with Gasteiger partial charge in [-0.3, -0.25) is 9.59 Å². The maximum atomic E-state index is 12.7. The highest BCUT2D eigenvalue weighted by Gasteiger charge is 2.12. The lowest BCUT2D eigenvalue weighted by Gasteiger charge is -2.13. The SMILES string of the molecule is O=C(Cc1ccccc1)Nc1ccccc1-c1cccc(C(=O)NCc2ccccc2)c1. The molecule has 0 radical (unpaired) electrons. The number of hydrogen-bond donors (Lipinski definition) is 2. The van der Waals surface area contributed by atoms with E-state index in [9.17, 15) is 9.59 Å². The molecule has 0 spiro atoms. The molecule has 0 saturated carbocycles.